The molecule has 1 N–H and O–H groups in total. The first-order valence-electron chi connectivity index (χ1n) is 5.18. The fourth-order valence-electron chi connectivity index (χ4n) is 1.47. The minimum absolute atomic E-state index is 0.00813. The Kier molecular flexibility index (Phi) is 3.71. The Balaban J connectivity index is 2.36. The Morgan fingerprint density at radius 3 is 2.47 bits per heavy atom. The second-order valence-electron chi connectivity index (χ2n) is 3.69. The lowest BCUT2D eigenvalue weighted by Crippen LogP contribution is -2.07. The van der Waals surface area contributed by atoms with E-state index in [9.17, 15) is 14.0 Å². The summed E-state index contributed by atoms with van der Waals surface area (Å²) < 4.78 is 14.1. The standard InChI is InChI=1S/C13H7BrFNO3/c14-8-2-3-9(10(15)5-8)12(17)11-4-1-7(6-16-11)13(18)19/h1-6H,(H,18,19). The summed E-state index contributed by atoms with van der Waals surface area (Å²) in [6.07, 6.45) is 1.06. The van der Waals surface area contributed by atoms with Gasteiger partial charge in [0, 0.05) is 10.7 Å². The van der Waals surface area contributed by atoms with Crippen molar-refractivity contribution in [3.63, 3.8) is 0 Å². The molecule has 0 unspecified atom stereocenters. The summed E-state index contributed by atoms with van der Waals surface area (Å²) in [4.78, 5) is 26.4. The van der Waals surface area contributed by atoms with Crippen LogP contribution in [0, 0.1) is 5.82 Å². The van der Waals surface area contributed by atoms with Gasteiger partial charge in [-0.05, 0) is 30.3 Å². The third-order valence-corrected chi connectivity index (χ3v) is 2.91. The average molecular weight is 324 g/mol. The SMILES string of the molecule is O=C(O)c1ccc(C(=O)c2ccc(Br)cc2F)nc1. The molecule has 1 aromatic heterocycles. The maximum absolute atomic E-state index is 13.6. The van der Waals surface area contributed by atoms with Gasteiger partial charge >= 0.3 is 5.97 Å². The molecule has 0 spiro atoms. The van der Waals surface area contributed by atoms with Gasteiger partial charge in [0.05, 0.1) is 11.1 Å². The number of hydrogen-bond acceptors (Lipinski definition) is 3. The van der Waals surface area contributed by atoms with Crippen LogP contribution < -0.4 is 0 Å². The fraction of sp³-hybridized carbons (Fsp3) is 0. The average Bonchev–Trinajstić information content (AvgIpc) is 2.38. The van der Waals surface area contributed by atoms with Crippen molar-refractivity contribution in [2.75, 3.05) is 0 Å². The summed E-state index contributed by atoms with van der Waals surface area (Å²) in [5.74, 6) is -2.40. The summed E-state index contributed by atoms with van der Waals surface area (Å²) in [7, 11) is 0. The van der Waals surface area contributed by atoms with Crippen LogP contribution in [0.1, 0.15) is 26.4 Å². The van der Waals surface area contributed by atoms with Crippen molar-refractivity contribution in [3.8, 4) is 0 Å². The van der Waals surface area contributed by atoms with Gasteiger partial charge in [-0.25, -0.2) is 9.18 Å². The number of nitrogens with zero attached hydrogens (tertiary/aromatic N) is 1. The molecule has 0 aliphatic heterocycles. The third-order valence-electron chi connectivity index (χ3n) is 2.42. The highest BCUT2D eigenvalue weighted by Crippen LogP contribution is 2.17. The van der Waals surface area contributed by atoms with Crippen LogP contribution in [0.15, 0.2) is 41.0 Å². The smallest absolute Gasteiger partial charge is 0.337 e. The van der Waals surface area contributed by atoms with E-state index in [4.69, 9.17) is 5.11 Å². The highest BCUT2D eigenvalue weighted by Gasteiger charge is 2.16. The molecule has 0 amide bonds. The van der Waals surface area contributed by atoms with Crippen molar-refractivity contribution in [2.45, 2.75) is 0 Å². The van der Waals surface area contributed by atoms with E-state index >= 15 is 0 Å². The zero-order chi connectivity index (χ0) is 14.0. The molecule has 0 saturated carbocycles. The number of carbonyl (C=O) groups is 2. The van der Waals surface area contributed by atoms with E-state index in [0.717, 1.165) is 6.20 Å². The van der Waals surface area contributed by atoms with E-state index in [2.05, 4.69) is 20.9 Å². The van der Waals surface area contributed by atoms with Gasteiger partial charge in [-0.3, -0.25) is 9.78 Å². The second kappa shape index (κ2) is 5.27. The first-order valence-corrected chi connectivity index (χ1v) is 5.97. The van der Waals surface area contributed by atoms with Crippen LogP contribution in [0.5, 0.6) is 0 Å². The second-order valence-corrected chi connectivity index (χ2v) is 4.61. The molecule has 0 fully saturated rings. The van der Waals surface area contributed by atoms with E-state index in [1.54, 1.807) is 6.07 Å². The van der Waals surface area contributed by atoms with E-state index in [-0.39, 0.29) is 16.8 Å². The molecule has 96 valence electrons. The molecule has 19 heavy (non-hydrogen) atoms. The molecule has 1 heterocycles. The molecule has 0 radical (unpaired) electrons. The minimum atomic E-state index is -1.14. The number of aromatic nitrogens is 1. The number of benzene rings is 1. The predicted octanol–water partition coefficient (Wildman–Crippen LogP) is 2.91. The van der Waals surface area contributed by atoms with Crippen LogP contribution in [0.2, 0.25) is 0 Å². The number of pyridine rings is 1. The first kappa shape index (κ1) is 13.4. The molecule has 2 aromatic rings. The van der Waals surface area contributed by atoms with Gasteiger partial charge in [-0.15, -0.1) is 0 Å². The minimum Gasteiger partial charge on any atom is -0.478 e. The normalized spacial score (nSPS) is 10.2. The maximum Gasteiger partial charge on any atom is 0.337 e. The highest BCUT2D eigenvalue weighted by atomic mass is 79.9. The number of carboxylic acids is 1. The molecule has 0 aliphatic carbocycles. The lowest BCUT2D eigenvalue weighted by atomic mass is 10.1. The fourth-order valence-corrected chi connectivity index (χ4v) is 1.80. The molecular weight excluding hydrogens is 317 g/mol. The summed E-state index contributed by atoms with van der Waals surface area (Å²) in [5, 5.41) is 8.72. The largest absolute Gasteiger partial charge is 0.478 e. The zero-order valence-electron chi connectivity index (χ0n) is 9.43. The van der Waals surface area contributed by atoms with Gasteiger partial charge in [0.15, 0.2) is 0 Å². The first-order chi connectivity index (χ1) is 8.99. The molecule has 2 rings (SSSR count). The summed E-state index contributed by atoms with van der Waals surface area (Å²) in [6, 6.07) is 6.57. The molecule has 0 aliphatic rings. The van der Waals surface area contributed by atoms with Crippen LogP contribution >= 0.6 is 15.9 Å². The Morgan fingerprint density at radius 1 is 1.21 bits per heavy atom. The van der Waals surface area contributed by atoms with E-state index < -0.39 is 17.6 Å². The number of hydrogen-bond donors (Lipinski definition) is 1. The number of carboxylic acid groups (broad SMARTS) is 1. The summed E-state index contributed by atoms with van der Waals surface area (Å²) in [6.45, 7) is 0. The Morgan fingerprint density at radius 2 is 1.95 bits per heavy atom. The highest BCUT2D eigenvalue weighted by molar-refractivity contribution is 9.10. The van der Waals surface area contributed by atoms with Crippen LogP contribution in [0.25, 0.3) is 0 Å². The molecule has 6 heteroatoms. The maximum atomic E-state index is 13.6. The lowest BCUT2D eigenvalue weighted by Gasteiger charge is -2.03. The summed E-state index contributed by atoms with van der Waals surface area (Å²) in [5.41, 5.74) is -0.155. The van der Waals surface area contributed by atoms with Gasteiger partial charge in [0.25, 0.3) is 0 Å². The van der Waals surface area contributed by atoms with Crippen molar-refractivity contribution in [3.05, 3.63) is 63.6 Å². The van der Waals surface area contributed by atoms with Gasteiger partial charge in [-0.2, -0.15) is 0 Å². The van der Waals surface area contributed by atoms with Crippen LogP contribution in [0.3, 0.4) is 0 Å². The van der Waals surface area contributed by atoms with Crippen molar-refractivity contribution < 1.29 is 19.1 Å². The van der Waals surface area contributed by atoms with Crippen molar-refractivity contribution in [1.82, 2.24) is 4.98 Å². The molecule has 4 nitrogen and oxygen atoms in total. The van der Waals surface area contributed by atoms with Crippen molar-refractivity contribution in [1.29, 1.82) is 0 Å². The van der Waals surface area contributed by atoms with Gasteiger partial charge in [-0.1, -0.05) is 15.9 Å². The Hall–Kier alpha value is -2.08. The van der Waals surface area contributed by atoms with Gasteiger partial charge in [0.2, 0.25) is 5.78 Å². The Bertz CT molecular complexity index is 655. The number of carbonyl (C=O) groups excluding carboxylic acids is 1. The van der Waals surface area contributed by atoms with E-state index in [1.807, 2.05) is 0 Å². The topological polar surface area (TPSA) is 67.3 Å². The van der Waals surface area contributed by atoms with Crippen molar-refractivity contribution >= 4 is 27.7 Å². The Labute approximate surface area is 116 Å². The molecule has 0 saturated heterocycles. The zero-order valence-corrected chi connectivity index (χ0v) is 11.0. The lowest BCUT2D eigenvalue weighted by molar-refractivity contribution is 0.0696. The monoisotopic (exact) mass is 323 g/mol. The van der Waals surface area contributed by atoms with Gasteiger partial charge < -0.3 is 5.11 Å². The number of aromatic carboxylic acids is 1. The third kappa shape index (κ3) is 2.85. The molecule has 1 aromatic carbocycles. The predicted molar refractivity (Wildman–Crippen MR) is 68.7 cm³/mol. The molecule has 0 atom stereocenters. The van der Waals surface area contributed by atoms with E-state index in [0.29, 0.717) is 4.47 Å². The van der Waals surface area contributed by atoms with E-state index in [1.165, 1.54) is 24.3 Å². The number of ketones is 1. The van der Waals surface area contributed by atoms with Crippen LogP contribution in [-0.4, -0.2) is 21.8 Å². The van der Waals surface area contributed by atoms with Crippen LogP contribution in [0.4, 0.5) is 4.39 Å². The van der Waals surface area contributed by atoms with Crippen LogP contribution in [-0.2, 0) is 0 Å². The summed E-state index contributed by atoms with van der Waals surface area (Å²) >= 11 is 3.09. The molecule has 0 bridgehead atoms. The quantitative estimate of drug-likeness (QED) is 0.882. The number of halogens is 2. The molecular formula is C13H7BrFNO3. The number of rotatable bonds is 3. The van der Waals surface area contributed by atoms with Crippen molar-refractivity contribution in [2.24, 2.45) is 0 Å². The van der Waals surface area contributed by atoms with Gasteiger partial charge in [0.1, 0.15) is 11.5 Å².